The summed E-state index contributed by atoms with van der Waals surface area (Å²) in [5.74, 6) is 0.990. The number of piperazine rings is 1. The molecule has 0 radical (unpaired) electrons. The van der Waals surface area contributed by atoms with Gasteiger partial charge in [-0.2, -0.15) is 0 Å². The van der Waals surface area contributed by atoms with Crippen LogP contribution in [0.1, 0.15) is 12.8 Å². The van der Waals surface area contributed by atoms with Crippen LogP contribution in [0.3, 0.4) is 0 Å². The first-order valence-corrected chi connectivity index (χ1v) is 9.56. The van der Waals surface area contributed by atoms with Gasteiger partial charge in [0.25, 0.3) is 0 Å². The molecule has 2 aliphatic rings. The Hall–Kier alpha value is -1.43. The van der Waals surface area contributed by atoms with Gasteiger partial charge in [0.15, 0.2) is 0 Å². The lowest BCUT2D eigenvalue weighted by Crippen LogP contribution is -2.51. The molecular weight excluding hydrogens is 312 g/mol. The summed E-state index contributed by atoms with van der Waals surface area (Å²) in [6.45, 7) is 8.39. The van der Waals surface area contributed by atoms with Crippen molar-refractivity contribution in [1.29, 1.82) is 0 Å². The molecule has 0 bridgehead atoms. The quantitative estimate of drug-likeness (QED) is 0.812. The maximum Gasteiger partial charge on any atom is 0.240 e. The molecule has 1 aromatic rings. The van der Waals surface area contributed by atoms with E-state index in [9.17, 15) is 4.79 Å². The zero-order valence-electron chi connectivity index (χ0n) is 15.7. The number of amides is 1. The van der Waals surface area contributed by atoms with E-state index in [1.165, 1.54) is 32.5 Å². The largest absolute Gasteiger partial charge is 0.314 e. The Balaban J connectivity index is 1.41. The summed E-state index contributed by atoms with van der Waals surface area (Å²) < 4.78 is 0. The van der Waals surface area contributed by atoms with Gasteiger partial charge < -0.3 is 14.7 Å². The van der Waals surface area contributed by atoms with Crippen molar-refractivity contribution < 1.29 is 4.79 Å². The summed E-state index contributed by atoms with van der Waals surface area (Å²) in [4.78, 5) is 21.6. The average Bonchev–Trinajstić information content (AvgIpc) is 2.63. The van der Waals surface area contributed by atoms with Crippen molar-refractivity contribution in [1.82, 2.24) is 14.7 Å². The van der Waals surface area contributed by atoms with E-state index in [0.29, 0.717) is 6.54 Å². The summed E-state index contributed by atoms with van der Waals surface area (Å²) in [6.07, 6.45) is 2.70. The molecule has 0 aromatic heterocycles. The van der Waals surface area contributed by atoms with Crippen molar-refractivity contribution in [3.63, 3.8) is 0 Å². The molecule has 5 nitrogen and oxygen atoms in total. The molecule has 0 saturated carbocycles. The number of likely N-dealkylation sites (tertiary alicyclic amines) is 1. The molecular formula is C20H32N4O. The molecule has 1 aromatic carbocycles. The lowest BCUT2D eigenvalue weighted by molar-refractivity contribution is -0.119. The van der Waals surface area contributed by atoms with Crippen LogP contribution < -0.4 is 4.90 Å². The first kappa shape index (κ1) is 18.4. The second-order valence-electron chi connectivity index (χ2n) is 7.64. The Morgan fingerprint density at radius 2 is 1.76 bits per heavy atom. The highest BCUT2D eigenvalue weighted by Crippen LogP contribution is 2.17. The molecule has 0 N–H and O–H groups in total. The molecule has 25 heavy (non-hydrogen) atoms. The summed E-state index contributed by atoms with van der Waals surface area (Å²) in [6, 6.07) is 9.89. The van der Waals surface area contributed by atoms with Crippen LogP contribution in [0.25, 0.3) is 0 Å². The number of para-hydroxylation sites is 1. The van der Waals surface area contributed by atoms with Crippen LogP contribution in [0, 0.1) is 5.92 Å². The first-order valence-electron chi connectivity index (χ1n) is 9.56. The molecule has 1 amide bonds. The van der Waals surface area contributed by atoms with Gasteiger partial charge in [-0.05, 0) is 44.5 Å². The minimum Gasteiger partial charge on any atom is -0.314 e. The van der Waals surface area contributed by atoms with Gasteiger partial charge in [0.05, 0.1) is 6.54 Å². The van der Waals surface area contributed by atoms with Gasteiger partial charge in [0.2, 0.25) is 5.91 Å². The molecule has 5 heteroatoms. The molecule has 2 aliphatic heterocycles. The predicted molar refractivity (Wildman–Crippen MR) is 103 cm³/mol. The fourth-order valence-electron chi connectivity index (χ4n) is 4.01. The maximum atomic E-state index is 12.5. The van der Waals surface area contributed by atoms with Crippen LogP contribution in [-0.4, -0.2) is 87.1 Å². The molecule has 1 atom stereocenters. The Morgan fingerprint density at radius 1 is 1.08 bits per heavy atom. The number of likely N-dealkylation sites (N-methyl/N-ethyl adjacent to an activating group) is 1. The van der Waals surface area contributed by atoms with Crippen molar-refractivity contribution in [2.24, 2.45) is 5.92 Å². The topological polar surface area (TPSA) is 30.0 Å². The number of hydrogen-bond acceptors (Lipinski definition) is 4. The molecule has 3 rings (SSSR count). The van der Waals surface area contributed by atoms with Crippen LogP contribution in [0.4, 0.5) is 5.69 Å². The number of piperidine rings is 1. The lowest BCUT2D eigenvalue weighted by atomic mass is 9.97. The second-order valence-corrected chi connectivity index (χ2v) is 7.64. The second kappa shape index (κ2) is 8.79. The fourth-order valence-corrected chi connectivity index (χ4v) is 4.01. The minimum atomic E-state index is 0.175. The summed E-state index contributed by atoms with van der Waals surface area (Å²) in [7, 11) is 4.10. The van der Waals surface area contributed by atoms with Gasteiger partial charge in [-0.15, -0.1) is 0 Å². The van der Waals surface area contributed by atoms with Crippen LogP contribution in [0.5, 0.6) is 0 Å². The number of carbonyl (C=O) groups is 1. The fraction of sp³-hybridized carbons (Fsp3) is 0.650. The summed E-state index contributed by atoms with van der Waals surface area (Å²) in [5.41, 5.74) is 0.965. The van der Waals surface area contributed by atoms with Gasteiger partial charge >= 0.3 is 0 Å². The summed E-state index contributed by atoms with van der Waals surface area (Å²) in [5, 5.41) is 0. The number of hydrogen-bond donors (Lipinski definition) is 0. The summed E-state index contributed by atoms with van der Waals surface area (Å²) >= 11 is 0. The Kier molecular flexibility index (Phi) is 6.45. The highest BCUT2D eigenvalue weighted by atomic mass is 16.2. The molecule has 138 valence electrons. The van der Waals surface area contributed by atoms with Crippen LogP contribution in [0.15, 0.2) is 30.3 Å². The lowest BCUT2D eigenvalue weighted by Gasteiger charge is -2.38. The van der Waals surface area contributed by atoms with Crippen LogP contribution in [0.2, 0.25) is 0 Å². The highest BCUT2D eigenvalue weighted by molar-refractivity contribution is 5.94. The third-order valence-corrected chi connectivity index (χ3v) is 5.58. The number of nitrogens with zero attached hydrogens (tertiary/aromatic N) is 4. The van der Waals surface area contributed by atoms with Crippen LogP contribution >= 0.6 is 0 Å². The van der Waals surface area contributed by atoms with Crippen molar-refractivity contribution in [2.75, 3.05) is 71.4 Å². The zero-order valence-corrected chi connectivity index (χ0v) is 15.7. The van der Waals surface area contributed by atoms with Gasteiger partial charge in [-0.3, -0.25) is 9.69 Å². The van der Waals surface area contributed by atoms with Crippen molar-refractivity contribution in [3.8, 4) is 0 Å². The van der Waals surface area contributed by atoms with E-state index in [1.54, 1.807) is 4.90 Å². The van der Waals surface area contributed by atoms with Crippen molar-refractivity contribution in [3.05, 3.63) is 30.3 Å². The maximum absolute atomic E-state index is 12.5. The zero-order chi connectivity index (χ0) is 17.6. The monoisotopic (exact) mass is 344 g/mol. The van der Waals surface area contributed by atoms with E-state index in [2.05, 4.69) is 21.7 Å². The molecule has 2 saturated heterocycles. The van der Waals surface area contributed by atoms with E-state index >= 15 is 0 Å². The third kappa shape index (κ3) is 5.27. The van der Waals surface area contributed by atoms with E-state index in [1.807, 2.05) is 37.4 Å². The third-order valence-electron chi connectivity index (χ3n) is 5.58. The highest BCUT2D eigenvalue weighted by Gasteiger charge is 2.24. The SMILES string of the molecule is CN1CCCC(CN2CCN(CC(=O)N(C)c3ccccc3)CC2)C1. The van der Waals surface area contributed by atoms with E-state index in [4.69, 9.17) is 0 Å². The normalized spacial score (nSPS) is 23.5. The average molecular weight is 345 g/mol. The molecule has 0 spiro atoms. The van der Waals surface area contributed by atoms with Crippen molar-refractivity contribution in [2.45, 2.75) is 12.8 Å². The minimum absolute atomic E-state index is 0.175. The number of anilines is 1. The molecule has 1 unspecified atom stereocenters. The predicted octanol–water partition coefficient (Wildman–Crippen LogP) is 1.61. The van der Waals surface area contributed by atoms with Crippen LogP contribution in [-0.2, 0) is 4.79 Å². The van der Waals surface area contributed by atoms with Gasteiger partial charge in [-0.1, -0.05) is 18.2 Å². The smallest absolute Gasteiger partial charge is 0.240 e. The van der Waals surface area contributed by atoms with E-state index in [0.717, 1.165) is 37.8 Å². The Bertz CT molecular complexity index is 542. The van der Waals surface area contributed by atoms with Crippen molar-refractivity contribution >= 4 is 11.6 Å². The number of rotatable bonds is 5. The number of carbonyl (C=O) groups excluding carboxylic acids is 1. The molecule has 2 fully saturated rings. The first-order chi connectivity index (χ1) is 12.1. The van der Waals surface area contributed by atoms with Gasteiger partial charge in [0, 0.05) is 52.0 Å². The standard InChI is InChI=1S/C20H32N4O/c1-21-10-6-7-18(15-21)16-23-11-13-24(14-12-23)17-20(25)22(2)19-8-4-3-5-9-19/h3-5,8-9,18H,6-7,10-17H2,1-2H3. The Labute approximate surface area is 152 Å². The van der Waals surface area contributed by atoms with Gasteiger partial charge in [-0.25, -0.2) is 0 Å². The van der Waals surface area contributed by atoms with E-state index < -0.39 is 0 Å². The van der Waals surface area contributed by atoms with Gasteiger partial charge in [0.1, 0.15) is 0 Å². The van der Waals surface area contributed by atoms with E-state index in [-0.39, 0.29) is 5.91 Å². The molecule has 2 heterocycles. The molecule has 0 aliphatic carbocycles. The number of benzene rings is 1. The Morgan fingerprint density at radius 3 is 2.44 bits per heavy atom.